The number of ether oxygens (including phenoxy) is 4. The number of amides is 1. The SMILES string of the molecule is C=CC(=O)OCCOc1ccc(OCCOC(=O)C=C)c(NC(=O)CC(=O)c2ccccc2)c1. The van der Waals surface area contributed by atoms with Gasteiger partial charge in [-0.15, -0.1) is 0 Å². The average molecular weight is 467 g/mol. The van der Waals surface area contributed by atoms with E-state index < -0.39 is 17.8 Å². The standard InChI is InChI=1S/C25H25NO8/c1-3-24(29)33-14-12-31-19-10-11-22(32-13-15-34-25(30)4-2)20(16-19)26-23(28)17-21(27)18-8-6-5-7-9-18/h3-11,16H,1-2,12-15,17H2,(H,26,28). The number of esters is 2. The largest absolute Gasteiger partial charge is 0.490 e. The zero-order chi connectivity index (χ0) is 24.8. The molecule has 178 valence electrons. The minimum absolute atomic E-state index is 0.00501. The summed E-state index contributed by atoms with van der Waals surface area (Å²) in [5, 5.41) is 2.64. The van der Waals surface area contributed by atoms with Gasteiger partial charge in [0.1, 0.15) is 37.9 Å². The van der Waals surface area contributed by atoms with Gasteiger partial charge in [-0.1, -0.05) is 43.5 Å². The molecule has 2 aromatic carbocycles. The zero-order valence-electron chi connectivity index (χ0n) is 18.5. The highest BCUT2D eigenvalue weighted by Crippen LogP contribution is 2.29. The molecule has 0 atom stereocenters. The van der Waals surface area contributed by atoms with E-state index in [9.17, 15) is 19.2 Å². The van der Waals surface area contributed by atoms with E-state index in [1.54, 1.807) is 42.5 Å². The average Bonchev–Trinajstić information content (AvgIpc) is 2.85. The second kappa shape index (κ2) is 13.9. The molecule has 1 amide bonds. The Morgan fingerprint density at radius 2 is 1.41 bits per heavy atom. The minimum Gasteiger partial charge on any atom is -0.490 e. The molecule has 1 N–H and O–H groups in total. The Morgan fingerprint density at radius 3 is 2.03 bits per heavy atom. The molecule has 0 fully saturated rings. The Kier molecular flexibility index (Phi) is 10.6. The number of benzene rings is 2. The Hall–Kier alpha value is -4.40. The molecule has 2 aromatic rings. The van der Waals surface area contributed by atoms with E-state index in [1.165, 1.54) is 6.07 Å². The quantitative estimate of drug-likeness (QED) is 0.148. The fraction of sp³-hybridized carbons (Fsp3) is 0.200. The molecule has 0 spiro atoms. The maximum Gasteiger partial charge on any atom is 0.330 e. The zero-order valence-corrected chi connectivity index (χ0v) is 18.5. The number of anilines is 1. The predicted molar refractivity (Wildman–Crippen MR) is 124 cm³/mol. The second-order valence-electron chi connectivity index (χ2n) is 6.61. The van der Waals surface area contributed by atoms with Gasteiger partial charge in [-0.3, -0.25) is 9.59 Å². The third-order valence-electron chi connectivity index (χ3n) is 4.16. The molecule has 0 aliphatic heterocycles. The van der Waals surface area contributed by atoms with Crippen molar-refractivity contribution in [3.05, 3.63) is 79.4 Å². The Bertz CT molecular complexity index is 1030. The topological polar surface area (TPSA) is 117 Å². The van der Waals surface area contributed by atoms with Gasteiger partial charge in [0.2, 0.25) is 5.91 Å². The normalized spacial score (nSPS) is 9.88. The van der Waals surface area contributed by atoms with E-state index in [4.69, 9.17) is 18.9 Å². The molecule has 9 nitrogen and oxygen atoms in total. The monoisotopic (exact) mass is 467 g/mol. The fourth-order valence-corrected chi connectivity index (χ4v) is 2.60. The van der Waals surface area contributed by atoms with Gasteiger partial charge in [-0.05, 0) is 12.1 Å². The van der Waals surface area contributed by atoms with E-state index in [0.29, 0.717) is 11.3 Å². The van der Waals surface area contributed by atoms with Gasteiger partial charge >= 0.3 is 11.9 Å². The van der Waals surface area contributed by atoms with Crippen molar-refractivity contribution in [2.75, 3.05) is 31.7 Å². The van der Waals surface area contributed by atoms with Crippen molar-refractivity contribution in [1.82, 2.24) is 0 Å². The highest BCUT2D eigenvalue weighted by Gasteiger charge is 2.15. The summed E-state index contributed by atoms with van der Waals surface area (Å²) in [5.41, 5.74) is 0.672. The molecule has 0 radical (unpaired) electrons. The van der Waals surface area contributed by atoms with E-state index in [-0.39, 0.29) is 50.1 Å². The first-order valence-electron chi connectivity index (χ1n) is 10.3. The van der Waals surface area contributed by atoms with Gasteiger partial charge < -0.3 is 24.3 Å². The first kappa shape index (κ1) is 25.9. The first-order valence-corrected chi connectivity index (χ1v) is 10.3. The lowest BCUT2D eigenvalue weighted by molar-refractivity contribution is -0.139. The number of Topliss-reactive ketones (excluding diaryl/α,β-unsaturated/α-hetero) is 1. The molecular weight excluding hydrogens is 442 g/mol. The van der Waals surface area contributed by atoms with Crippen molar-refractivity contribution in [2.24, 2.45) is 0 Å². The van der Waals surface area contributed by atoms with Crippen LogP contribution in [0.2, 0.25) is 0 Å². The van der Waals surface area contributed by atoms with Crippen molar-refractivity contribution in [2.45, 2.75) is 6.42 Å². The van der Waals surface area contributed by atoms with Crippen LogP contribution in [-0.2, 0) is 23.9 Å². The van der Waals surface area contributed by atoms with Gasteiger partial charge in [0.15, 0.2) is 5.78 Å². The van der Waals surface area contributed by atoms with Crippen LogP contribution in [0.1, 0.15) is 16.8 Å². The number of hydrogen-bond acceptors (Lipinski definition) is 8. The number of hydrogen-bond donors (Lipinski definition) is 1. The number of carbonyl (C=O) groups excluding carboxylic acids is 4. The maximum atomic E-state index is 12.5. The summed E-state index contributed by atoms with van der Waals surface area (Å²) in [7, 11) is 0. The lowest BCUT2D eigenvalue weighted by atomic mass is 10.1. The fourth-order valence-electron chi connectivity index (χ4n) is 2.60. The van der Waals surface area contributed by atoms with E-state index in [1.807, 2.05) is 0 Å². The smallest absolute Gasteiger partial charge is 0.330 e. The third-order valence-corrected chi connectivity index (χ3v) is 4.16. The highest BCUT2D eigenvalue weighted by atomic mass is 16.6. The Balaban J connectivity index is 2.04. The van der Waals surface area contributed by atoms with Crippen molar-refractivity contribution < 1.29 is 38.1 Å². The summed E-state index contributed by atoms with van der Waals surface area (Å²) < 4.78 is 20.9. The number of carbonyl (C=O) groups is 4. The van der Waals surface area contributed by atoms with Gasteiger partial charge in [-0.25, -0.2) is 9.59 Å². The van der Waals surface area contributed by atoms with Crippen LogP contribution in [-0.4, -0.2) is 50.1 Å². The summed E-state index contributed by atoms with van der Waals surface area (Å²) in [5.74, 6) is -1.40. The summed E-state index contributed by atoms with van der Waals surface area (Å²) in [4.78, 5) is 47.1. The summed E-state index contributed by atoms with van der Waals surface area (Å²) in [6.07, 6.45) is 1.71. The van der Waals surface area contributed by atoms with E-state index >= 15 is 0 Å². The molecule has 0 aliphatic rings. The lowest BCUT2D eigenvalue weighted by Gasteiger charge is -2.15. The molecule has 0 heterocycles. The van der Waals surface area contributed by atoms with Crippen molar-refractivity contribution in [3.8, 4) is 11.5 Å². The minimum atomic E-state index is -0.586. The van der Waals surface area contributed by atoms with E-state index in [2.05, 4.69) is 18.5 Å². The van der Waals surface area contributed by atoms with Crippen LogP contribution in [0.5, 0.6) is 11.5 Å². The molecule has 9 heteroatoms. The Morgan fingerprint density at radius 1 is 0.794 bits per heavy atom. The van der Waals surface area contributed by atoms with Crippen LogP contribution in [0.15, 0.2) is 73.8 Å². The maximum absolute atomic E-state index is 12.5. The molecule has 2 rings (SSSR count). The molecule has 34 heavy (non-hydrogen) atoms. The van der Waals surface area contributed by atoms with Crippen LogP contribution in [0, 0.1) is 0 Å². The summed E-state index contributed by atoms with van der Waals surface area (Å²) in [6, 6.07) is 13.1. The molecule has 0 bridgehead atoms. The Labute approximate surface area is 197 Å². The molecule has 0 aliphatic carbocycles. The third kappa shape index (κ3) is 8.99. The van der Waals surface area contributed by atoms with Gasteiger partial charge in [-0.2, -0.15) is 0 Å². The van der Waals surface area contributed by atoms with Gasteiger partial charge in [0.05, 0.1) is 12.1 Å². The van der Waals surface area contributed by atoms with Crippen LogP contribution in [0.25, 0.3) is 0 Å². The van der Waals surface area contributed by atoms with Gasteiger partial charge in [0, 0.05) is 23.8 Å². The van der Waals surface area contributed by atoms with Crippen LogP contribution >= 0.6 is 0 Å². The number of nitrogens with one attached hydrogen (secondary N) is 1. The number of ketones is 1. The van der Waals surface area contributed by atoms with Crippen LogP contribution in [0.3, 0.4) is 0 Å². The summed E-state index contributed by atoms with van der Waals surface area (Å²) >= 11 is 0. The van der Waals surface area contributed by atoms with Gasteiger partial charge in [0.25, 0.3) is 0 Å². The molecule has 0 unspecified atom stereocenters. The molecule has 0 aromatic heterocycles. The number of rotatable bonds is 14. The summed E-state index contributed by atoms with van der Waals surface area (Å²) in [6.45, 7) is 6.67. The van der Waals surface area contributed by atoms with E-state index in [0.717, 1.165) is 12.2 Å². The molecular formula is C25H25NO8. The van der Waals surface area contributed by atoms with Crippen LogP contribution in [0.4, 0.5) is 5.69 Å². The highest BCUT2D eigenvalue weighted by molar-refractivity contribution is 6.11. The lowest BCUT2D eigenvalue weighted by Crippen LogP contribution is -2.18. The van der Waals surface area contributed by atoms with Crippen molar-refractivity contribution >= 4 is 29.3 Å². The first-order chi connectivity index (χ1) is 16.4. The molecule has 0 saturated heterocycles. The predicted octanol–water partition coefficient (Wildman–Crippen LogP) is 3.11. The van der Waals surface area contributed by atoms with Crippen molar-refractivity contribution in [3.63, 3.8) is 0 Å². The van der Waals surface area contributed by atoms with Crippen LogP contribution < -0.4 is 14.8 Å². The molecule has 0 saturated carbocycles. The second-order valence-corrected chi connectivity index (χ2v) is 6.61. The van der Waals surface area contributed by atoms with Crippen molar-refractivity contribution in [1.29, 1.82) is 0 Å².